The molecule has 1 aliphatic heterocycles. The van der Waals surface area contributed by atoms with Gasteiger partial charge in [0.25, 0.3) is 0 Å². The van der Waals surface area contributed by atoms with Crippen LogP contribution in [-0.2, 0) is 22.4 Å². The van der Waals surface area contributed by atoms with Gasteiger partial charge < -0.3 is 10.2 Å². The number of carbonyl (C=O) groups is 2. The van der Waals surface area contributed by atoms with Crippen molar-refractivity contribution in [3.05, 3.63) is 65.5 Å². The van der Waals surface area contributed by atoms with Crippen LogP contribution >= 0.6 is 0 Å². The van der Waals surface area contributed by atoms with Gasteiger partial charge in [-0.25, -0.2) is 4.39 Å². The van der Waals surface area contributed by atoms with Crippen molar-refractivity contribution in [3.8, 4) is 0 Å². The highest BCUT2D eigenvalue weighted by molar-refractivity contribution is 5.88. The highest BCUT2D eigenvalue weighted by atomic mass is 19.1. The fraction of sp³-hybridized carbons (Fsp3) is 0.391. The zero-order valence-electron chi connectivity index (χ0n) is 16.9. The van der Waals surface area contributed by atoms with E-state index in [1.165, 1.54) is 18.6 Å². The van der Waals surface area contributed by atoms with Crippen LogP contribution in [0.4, 0.5) is 10.1 Å². The van der Waals surface area contributed by atoms with Crippen molar-refractivity contribution in [2.45, 2.75) is 26.2 Å². The number of nitrogens with zero attached hydrogens (tertiary/aromatic N) is 2. The number of benzene rings is 2. The molecule has 6 heteroatoms. The first-order valence-corrected chi connectivity index (χ1v) is 10.1. The van der Waals surface area contributed by atoms with Crippen LogP contribution < -0.4 is 5.32 Å². The van der Waals surface area contributed by atoms with E-state index in [9.17, 15) is 14.0 Å². The molecule has 0 saturated carbocycles. The van der Waals surface area contributed by atoms with E-state index in [0.29, 0.717) is 18.4 Å². The largest absolute Gasteiger partial charge is 0.340 e. The predicted octanol–water partition coefficient (Wildman–Crippen LogP) is 3.10. The summed E-state index contributed by atoms with van der Waals surface area (Å²) in [6.07, 6.45) is 1.73. The van der Waals surface area contributed by atoms with Gasteiger partial charge in [0.2, 0.25) is 11.8 Å². The summed E-state index contributed by atoms with van der Waals surface area (Å²) >= 11 is 0. The van der Waals surface area contributed by atoms with Gasteiger partial charge in [-0.05, 0) is 42.2 Å². The van der Waals surface area contributed by atoms with Crippen LogP contribution in [0, 0.1) is 5.82 Å². The molecule has 29 heavy (non-hydrogen) atoms. The molecule has 154 valence electrons. The SMILES string of the molecule is CC(=O)Nc1ccc(CCN2CCN(C(=O)CCc3ccccc3F)CC2)cc1. The lowest BCUT2D eigenvalue weighted by atomic mass is 10.1. The Kier molecular flexibility index (Phi) is 7.36. The second-order valence-electron chi connectivity index (χ2n) is 7.44. The minimum absolute atomic E-state index is 0.0703. The summed E-state index contributed by atoms with van der Waals surface area (Å²) in [7, 11) is 0. The van der Waals surface area contributed by atoms with E-state index in [-0.39, 0.29) is 17.6 Å². The summed E-state index contributed by atoms with van der Waals surface area (Å²) in [5.41, 5.74) is 2.63. The summed E-state index contributed by atoms with van der Waals surface area (Å²) in [4.78, 5) is 27.8. The number of rotatable bonds is 7. The molecule has 2 amide bonds. The third-order valence-corrected chi connectivity index (χ3v) is 5.28. The zero-order valence-corrected chi connectivity index (χ0v) is 16.9. The number of halogens is 1. The van der Waals surface area contributed by atoms with Gasteiger partial charge >= 0.3 is 0 Å². The Balaban J connectivity index is 1.38. The zero-order chi connectivity index (χ0) is 20.6. The topological polar surface area (TPSA) is 52.7 Å². The molecule has 1 aliphatic rings. The third-order valence-electron chi connectivity index (χ3n) is 5.28. The van der Waals surface area contributed by atoms with E-state index in [1.807, 2.05) is 29.2 Å². The number of amides is 2. The number of piperazine rings is 1. The highest BCUT2D eigenvalue weighted by Gasteiger charge is 2.20. The normalized spacial score (nSPS) is 14.6. The monoisotopic (exact) mass is 397 g/mol. The summed E-state index contributed by atoms with van der Waals surface area (Å²) in [6, 6.07) is 14.6. The van der Waals surface area contributed by atoms with Gasteiger partial charge in [0.05, 0.1) is 0 Å². The number of carbonyl (C=O) groups excluding carboxylic acids is 2. The van der Waals surface area contributed by atoms with E-state index < -0.39 is 0 Å². The van der Waals surface area contributed by atoms with Crippen molar-refractivity contribution in [2.75, 3.05) is 38.0 Å². The Bertz CT molecular complexity index is 830. The summed E-state index contributed by atoms with van der Waals surface area (Å²) < 4.78 is 13.7. The van der Waals surface area contributed by atoms with Crippen LogP contribution in [0.15, 0.2) is 48.5 Å². The maximum absolute atomic E-state index is 13.7. The molecule has 0 unspecified atom stereocenters. The Hall–Kier alpha value is -2.73. The van der Waals surface area contributed by atoms with E-state index in [2.05, 4.69) is 10.2 Å². The first kappa shape index (κ1) is 21.0. The van der Waals surface area contributed by atoms with E-state index in [4.69, 9.17) is 0 Å². The van der Waals surface area contributed by atoms with Crippen molar-refractivity contribution >= 4 is 17.5 Å². The molecule has 0 aliphatic carbocycles. The van der Waals surface area contributed by atoms with Gasteiger partial charge in [-0.3, -0.25) is 14.5 Å². The molecule has 2 aromatic carbocycles. The standard InChI is InChI=1S/C23H28FN3O2/c1-18(28)25-21-9-6-19(7-10-21)12-13-26-14-16-27(17-15-26)23(29)11-8-20-4-2-3-5-22(20)24/h2-7,9-10H,8,11-17H2,1H3,(H,25,28). The molecule has 0 spiro atoms. The van der Waals surface area contributed by atoms with Crippen LogP contribution in [0.5, 0.6) is 0 Å². The van der Waals surface area contributed by atoms with Gasteiger partial charge in [-0.15, -0.1) is 0 Å². The molecule has 3 rings (SSSR count). The summed E-state index contributed by atoms with van der Waals surface area (Å²) in [6.45, 7) is 5.59. The van der Waals surface area contributed by atoms with Crippen molar-refractivity contribution in [1.29, 1.82) is 0 Å². The fourth-order valence-corrected chi connectivity index (χ4v) is 3.57. The van der Waals surface area contributed by atoms with E-state index >= 15 is 0 Å². The van der Waals surface area contributed by atoms with Crippen LogP contribution in [0.1, 0.15) is 24.5 Å². The minimum Gasteiger partial charge on any atom is -0.340 e. The number of hydrogen-bond donors (Lipinski definition) is 1. The van der Waals surface area contributed by atoms with Gasteiger partial charge in [0.15, 0.2) is 0 Å². The molecule has 1 saturated heterocycles. The molecule has 1 N–H and O–H groups in total. The van der Waals surface area contributed by atoms with Gasteiger partial charge in [0.1, 0.15) is 5.82 Å². The molecule has 1 fully saturated rings. The number of hydrogen-bond acceptors (Lipinski definition) is 3. The quantitative estimate of drug-likeness (QED) is 0.781. The molecular weight excluding hydrogens is 369 g/mol. The van der Waals surface area contributed by atoms with E-state index in [1.54, 1.807) is 18.2 Å². The van der Waals surface area contributed by atoms with Gasteiger partial charge in [-0.2, -0.15) is 0 Å². The Morgan fingerprint density at radius 3 is 2.31 bits per heavy atom. The van der Waals surface area contributed by atoms with Crippen LogP contribution in [0.3, 0.4) is 0 Å². The molecule has 0 radical (unpaired) electrons. The lowest BCUT2D eigenvalue weighted by Gasteiger charge is -2.34. The molecule has 1 heterocycles. The number of anilines is 1. The predicted molar refractivity (Wildman–Crippen MR) is 112 cm³/mol. The third kappa shape index (κ3) is 6.39. The lowest BCUT2D eigenvalue weighted by Crippen LogP contribution is -2.49. The number of aryl methyl sites for hydroxylation is 1. The Morgan fingerprint density at radius 1 is 0.966 bits per heavy atom. The molecule has 2 aromatic rings. The van der Waals surface area contributed by atoms with Gasteiger partial charge in [-0.1, -0.05) is 30.3 Å². The second kappa shape index (κ2) is 10.2. The molecular formula is C23H28FN3O2. The first-order chi connectivity index (χ1) is 14.0. The maximum atomic E-state index is 13.7. The van der Waals surface area contributed by atoms with Crippen molar-refractivity contribution in [2.24, 2.45) is 0 Å². The lowest BCUT2D eigenvalue weighted by molar-refractivity contribution is -0.132. The van der Waals surface area contributed by atoms with Crippen LogP contribution in [0.2, 0.25) is 0 Å². The minimum atomic E-state index is -0.241. The molecule has 0 atom stereocenters. The summed E-state index contributed by atoms with van der Waals surface area (Å²) in [5.74, 6) is -0.212. The fourth-order valence-electron chi connectivity index (χ4n) is 3.57. The van der Waals surface area contributed by atoms with Crippen LogP contribution in [-0.4, -0.2) is 54.3 Å². The first-order valence-electron chi connectivity index (χ1n) is 10.1. The van der Waals surface area contributed by atoms with Crippen molar-refractivity contribution in [1.82, 2.24) is 9.80 Å². The van der Waals surface area contributed by atoms with Crippen molar-refractivity contribution < 1.29 is 14.0 Å². The van der Waals surface area contributed by atoms with E-state index in [0.717, 1.165) is 44.8 Å². The average molecular weight is 397 g/mol. The molecule has 0 bridgehead atoms. The van der Waals surface area contributed by atoms with Crippen molar-refractivity contribution in [3.63, 3.8) is 0 Å². The Labute approximate surface area is 171 Å². The second-order valence-corrected chi connectivity index (χ2v) is 7.44. The number of nitrogens with one attached hydrogen (secondary N) is 1. The maximum Gasteiger partial charge on any atom is 0.222 e. The summed E-state index contributed by atoms with van der Waals surface area (Å²) in [5, 5.41) is 2.77. The van der Waals surface area contributed by atoms with Gasteiger partial charge in [0, 0.05) is 51.8 Å². The smallest absolute Gasteiger partial charge is 0.222 e. The molecule has 5 nitrogen and oxygen atoms in total. The Morgan fingerprint density at radius 2 is 1.66 bits per heavy atom. The average Bonchev–Trinajstić information content (AvgIpc) is 2.72. The molecule has 0 aromatic heterocycles. The highest BCUT2D eigenvalue weighted by Crippen LogP contribution is 2.13. The van der Waals surface area contributed by atoms with Crippen LogP contribution in [0.25, 0.3) is 0 Å².